The molecule has 0 aromatic heterocycles. The van der Waals surface area contributed by atoms with E-state index in [9.17, 15) is 4.79 Å². The van der Waals surface area contributed by atoms with Crippen LogP contribution in [0.1, 0.15) is 35.3 Å². The van der Waals surface area contributed by atoms with Crippen molar-refractivity contribution in [1.29, 1.82) is 0 Å². The van der Waals surface area contributed by atoms with Crippen LogP contribution in [-0.2, 0) is 9.47 Å². The summed E-state index contributed by atoms with van der Waals surface area (Å²) in [7, 11) is 0. The monoisotopic (exact) mass is 325 g/mol. The van der Waals surface area contributed by atoms with Crippen molar-refractivity contribution in [2.24, 2.45) is 0 Å². The molecule has 0 spiro atoms. The predicted molar refractivity (Wildman–Crippen MR) is 92.9 cm³/mol. The smallest absolute Gasteiger partial charge is 0.338 e. The lowest BCUT2D eigenvalue weighted by atomic mass is 10.0. The Bertz CT molecular complexity index is 644. The summed E-state index contributed by atoms with van der Waals surface area (Å²) in [6.45, 7) is 3.23. The average molecular weight is 325 g/mol. The van der Waals surface area contributed by atoms with Crippen molar-refractivity contribution in [3.05, 3.63) is 71.8 Å². The maximum absolute atomic E-state index is 12.3. The normalized spacial score (nSPS) is 21.9. The molecule has 1 saturated heterocycles. The van der Waals surface area contributed by atoms with Crippen LogP contribution >= 0.6 is 0 Å². The Hall–Kier alpha value is -2.17. The standard InChI is InChI=1S/C20H23NO3/c1-15(16-8-4-2-5-9-16)21-18-12-13-23-14-19(18)24-20(22)17-10-6-3-7-11-17/h2-11,15,18-19,21H,12-14H2,1H3/t15-,18-,19?/m0/s1. The van der Waals surface area contributed by atoms with Gasteiger partial charge in [-0.2, -0.15) is 0 Å². The van der Waals surface area contributed by atoms with Gasteiger partial charge in [-0.15, -0.1) is 0 Å². The summed E-state index contributed by atoms with van der Waals surface area (Å²) in [4.78, 5) is 12.3. The van der Waals surface area contributed by atoms with Gasteiger partial charge in [-0.1, -0.05) is 48.5 Å². The summed E-state index contributed by atoms with van der Waals surface area (Å²) in [6, 6.07) is 19.6. The zero-order valence-electron chi connectivity index (χ0n) is 13.9. The first kappa shape index (κ1) is 16.7. The molecule has 4 heteroatoms. The van der Waals surface area contributed by atoms with Crippen molar-refractivity contribution in [3.63, 3.8) is 0 Å². The highest BCUT2D eigenvalue weighted by Crippen LogP contribution is 2.19. The van der Waals surface area contributed by atoms with Crippen LogP contribution in [-0.4, -0.2) is 31.3 Å². The van der Waals surface area contributed by atoms with Crippen LogP contribution in [0.4, 0.5) is 0 Å². The van der Waals surface area contributed by atoms with E-state index in [0.717, 1.165) is 6.42 Å². The van der Waals surface area contributed by atoms with Gasteiger partial charge in [0.25, 0.3) is 0 Å². The number of hydrogen-bond donors (Lipinski definition) is 1. The number of hydrogen-bond acceptors (Lipinski definition) is 4. The molecule has 1 fully saturated rings. The molecule has 3 rings (SSSR count). The number of carbonyl (C=O) groups is 1. The number of esters is 1. The van der Waals surface area contributed by atoms with Gasteiger partial charge in [0.1, 0.15) is 6.10 Å². The summed E-state index contributed by atoms with van der Waals surface area (Å²) in [5.74, 6) is -0.301. The highest BCUT2D eigenvalue weighted by molar-refractivity contribution is 5.89. The van der Waals surface area contributed by atoms with Crippen LogP contribution in [0.5, 0.6) is 0 Å². The minimum absolute atomic E-state index is 0.0848. The van der Waals surface area contributed by atoms with Gasteiger partial charge in [0.15, 0.2) is 0 Å². The molecule has 2 aromatic carbocycles. The second-order valence-electron chi connectivity index (χ2n) is 6.08. The molecular weight excluding hydrogens is 302 g/mol. The van der Waals surface area contributed by atoms with E-state index in [1.54, 1.807) is 12.1 Å². The van der Waals surface area contributed by atoms with E-state index in [0.29, 0.717) is 18.8 Å². The van der Waals surface area contributed by atoms with Gasteiger partial charge in [0.2, 0.25) is 0 Å². The van der Waals surface area contributed by atoms with E-state index in [-0.39, 0.29) is 24.2 Å². The van der Waals surface area contributed by atoms with Crippen molar-refractivity contribution >= 4 is 5.97 Å². The second-order valence-corrected chi connectivity index (χ2v) is 6.08. The highest BCUT2D eigenvalue weighted by atomic mass is 16.6. The summed E-state index contributed by atoms with van der Waals surface area (Å²) in [5, 5.41) is 3.58. The molecule has 1 N–H and O–H groups in total. The third-order valence-corrected chi connectivity index (χ3v) is 4.34. The maximum atomic E-state index is 12.3. The molecule has 1 unspecified atom stereocenters. The largest absolute Gasteiger partial charge is 0.455 e. The SMILES string of the molecule is C[C@H](N[C@H]1CCOCC1OC(=O)c1ccccc1)c1ccccc1. The summed E-state index contributed by atoms with van der Waals surface area (Å²) >= 11 is 0. The van der Waals surface area contributed by atoms with Crippen LogP contribution in [0.15, 0.2) is 60.7 Å². The fourth-order valence-corrected chi connectivity index (χ4v) is 2.96. The molecule has 0 bridgehead atoms. The van der Waals surface area contributed by atoms with Gasteiger partial charge in [-0.3, -0.25) is 0 Å². The molecule has 0 saturated carbocycles. The Kier molecular flexibility index (Phi) is 5.62. The highest BCUT2D eigenvalue weighted by Gasteiger charge is 2.30. The molecule has 0 aliphatic carbocycles. The van der Waals surface area contributed by atoms with Gasteiger partial charge >= 0.3 is 5.97 Å². The van der Waals surface area contributed by atoms with E-state index in [4.69, 9.17) is 9.47 Å². The Morgan fingerprint density at radius 3 is 2.50 bits per heavy atom. The van der Waals surface area contributed by atoms with E-state index < -0.39 is 0 Å². The molecule has 1 aliphatic rings. The summed E-state index contributed by atoms with van der Waals surface area (Å²) < 4.78 is 11.2. The van der Waals surface area contributed by atoms with Crippen molar-refractivity contribution < 1.29 is 14.3 Å². The maximum Gasteiger partial charge on any atom is 0.338 e. The quantitative estimate of drug-likeness (QED) is 0.857. The molecule has 3 atom stereocenters. The van der Waals surface area contributed by atoms with Gasteiger partial charge < -0.3 is 14.8 Å². The minimum Gasteiger partial charge on any atom is -0.455 e. The molecule has 0 radical (unpaired) electrons. The second kappa shape index (κ2) is 8.08. The first-order valence-corrected chi connectivity index (χ1v) is 8.39. The lowest BCUT2D eigenvalue weighted by Crippen LogP contribution is -2.49. The van der Waals surface area contributed by atoms with Crippen molar-refractivity contribution in [2.45, 2.75) is 31.5 Å². The molecular formula is C20H23NO3. The van der Waals surface area contributed by atoms with Crippen LogP contribution < -0.4 is 5.32 Å². The molecule has 126 valence electrons. The summed E-state index contributed by atoms with van der Waals surface area (Å²) in [6.07, 6.45) is 0.543. The zero-order valence-corrected chi connectivity index (χ0v) is 13.9. The van der Waals surface area contributed by atoms with E-state index in [1.807, 2.05) is 36.4 Å². The first-order chi connectivity index (χ1) is 11.7. The first-order valence-electron chi connectivity index (χ1n) is 8.39. The lowest BCUT2D eigenvalue weighted by Gasteiger charge is -2.34. The van der Waals surface area contributed by atoms with Crippen molar-refractivity contribution in [3.8, 4) is 0 Å². The number of ether oxygens (including phenoxy) is 2. The molecule has 0 amide bonds. The number of nitrogens with one attached hydrogen (secondary N) is 1. The fourth-order valence-electron chi connectivity index (χ4n) is 2.96. The lowest BCUT2D eigenvalue weighted by molar-refractivity contribution is -0.0490. The van der Waals surface area contributed by atoms with Crippen LogP contribution in [0.3, 0.4) is 0 Å². The predicted octanol–water partition coefficient (Wildman–Crippen LogP) is 3.35. The van der Waals surface area contributed by atoms with Crippen LogP contribution in [0, 0.1) is 0 Å². The fraction of sp³-hybridized carbons (Fsp3) is 0.350. The number of rotatable bonds is 5. The third-order valence-electron chi connectivity index (χ3n) is 4.34. The molecule has 24 heavy (non-hydrogen) atoms. The Labute approximate surface area is 142 Å². The van der Waals surface area contributed by atoms with Gasteiger partial charge in [0.05, 0.1) is 12.2 Å². The third kappa shape index (κ3) is 4.22. The van der Waals surface area contributed by atoms with Crippen LogP contribution in [0.2, 0.25) is 0 Å². The molecule has 1 heterocycles. The topological polar surface area (TPSA) is 47.6 Å². The minimum atomic E-state index is -0.301. The number of carbonyl (C=O) groups excluding carboxylic acids is 1. The number of benzene rings is 2. The zero-order chi connectivity index (χ0) is 16.8. The average Bonchev–Trinajstić information content (AvgIpc) is 2.64. The molecule has 1 aliphatic heterocycles. The van der Waals surface area contributed by atoms with Crippen molar-refractivity contribution in [1.82, 2.24) is 5.32 Å². The Morgan fingerprint density at radius 2 is 1.79 bits per heavy atom. The van der Waals surface area contributed by atoms with Gasteiger partial charge in [-0.25, -0.2) is 4.79 Å². The summed E-state index contributed by atoms with van der Waals surface area (Å²) in [5.41, 5.74) is 1.79. The van der Waals surface area contributed by atoms with Gasteiger partial charge in [-0.05, 0) is 31.0 Å². The molecule has 4 nitrogen and oxygen atoms in total. The van der Waals surface area contributed by atoms with E-state index >= 15 is 0 Å². The van der Waals surface area contributed by atoms with E-state index in [2.05, 4.69) is 24.4 Å². The van der Waals surface area contributed by atoms with Gasteiger partial charge in [0, 0.05) is 18.7 Å². The Balaban J connectivity index is 1.64. The van der Waals surface area contributed by atoms with Crippen LogP contribution in [0.25, 0.3) is 0 Å². The van der Waals surface area contributed by atoms with E-state index in [1.165, 1.54) is 5.56 Å². The Morgan fingerprint density at radius 1 is 1.12 bits per heavy atom. The van der Waals surface area contributed by atoms with Crippen molar-refractivity contribution in [2.75, 3.05) is 13.2 Å². The molecule has 2 aromatic rings.